The predicted molar refractivity (Wildman–Crippen MR) is 138 cm³/mol. The number of aliphatic hydroxyl groups excluding tert-OH is 1. The number of amides is 4. The highest BCUT2D eigenvalue weighted by Crippen LogP contribution is 2.43. The number of rotatable bonds is 15. The summed E-state index contributed by atoms with van der Waals surface area (Å²) < 4.78 is 3.64. The molecule has 0 saturated carbocycles. The molecule has 2 aliphatic rings. The number of carbonyl (C=O) groups excluding carboxylic acids is 5. The van der Waals surface area contributed by atoms with E-state index in [2.05, 4.69) is 0 Å². The summed E-state index contributed by atoms with van der Waals surface area (Å²) in [5.74, 6) is -3.05. The number of aliphatic hydroxyl groups is 1. The molecule has 3 atom stereocenters. The third-order valence-electron chi connectivity index (χ3n) is 6.47. The largest absolute Gasteiger partial charge is 0.481 e. The smallest absolute Gasteiger partial charge is 0.322 e. The number of unbranched alkanes of at least 4 members (excludes halogenated alkanes) is 2. The molecular formula is C24H36N2O9S2. The summed E-state index contributed by atoms with van der Waals surface area (Å²) in [7, 11) is 0. The average Bonchev–Trinajstić information content (AvgIpc) is 3.24. The SMILES string of the molecule is CSC1CC(=O)N(CCCCCN2C(=O)CC(SC(C)(CC(C)(C)C(=O)O)C(=O)OCCO)C2=O)C1=O. The van der Waals surface area contributed by atoms with Gasteiger partial charge in [0.15, 0.2) is 0 Å². The van der Waals surface area contributed by atoms with Crippen molar-refractivity contribution in [2.45, 2.75) is 74.5 Å². The molecule has 11 nitrogen and oxygen atoms in total. The molecule has 13 heteroatoms. The lowest BCUT2D eigenvalue weighted by atomic mass is 9.83. The summed E-state index contributed by atoms with van der Waals surface area (Å²) in [6.07, 6.45) is 3.41. The number of hydrogen-bond donors (Lipinski definition) is 2. The van der Waals surface area contributed by atoms with E-state index in [0.29, 0.717) is 25.8 Å². The van der Waals surface area contributed by atoms with Gasteiger partial charge in [-0.2, -0.15) is 11.8 Å². The molecule has 2 rings (SSSR count). The van der Waals surface area contributed by atoms with Crippen LogP contribution in [-0.2, 0) is 33.5 Å². The Hall–Kier alpha value is -2.12. The standard InChI is InChI=1S/C24H36N2O9S2/c1-23(2,21(32)33)14-24(3,22(34)35-11-10-27)37-16-13-18(29)26(20(16)31)9-7-5-6-8-25-17(28)12-15(36-4)19(25)30/h15-16,27H,5-14H2,1-4H3,(H,32,33). The molecule has 0 aromatic carbocycles. The fourth-order valence-electron chi connectivity index (χ4n) is 4.45. The zero-order valence-corrected chi connectivity index (χ0v) is 23.3. The number of esters is 1. The monoisotopic (exact) mass is 560 g/mol. The molecular weight excluding hydrogens is 524 g/mol. The maximum atomic E-state index is 13.0. The molecule has 37 heavy (non-hydrogen) atoms. The van der Waals surface area contributed by atoms with Crippen LogP contribution in [0.1, 0.15) is 59.3 Å². The predicted octanol–water partition coefficient (Wildman–Crippen LogP) is 1.30. The third-order valence-corrected chi connectivity index (χ3v) is 8.89. The Balaban J connectivity index is 1.95. The number of likely N-dealkylation sites (tertiary alicyclic amines) is 2. The van der Waals surface area contributed by atoms with E-state index < -0.39 is 39.9 Å². The molecule has 2 saturated heterocycles. The van der Waals surface area contributed by atoms with Crippen molar-refractivity contribution in [3.63, 3.8) is 0 Å². The molecule has 0 spiro atoms. The van der Waals surface area contributed by atoms with Crippen molar-refractivity contribution in [1.82, 2.24) is 9.80 Å². The fraction of sp³-hybridized carbons (Fsp3) is 0.750. The van der Waals surface area contributed by atoms with Crippen molar-refractivity contribution in [3.8, 4) is 0 Å². The van der Waals surface area contributed by atoms with Crippen molar-refractivity contribution in [2.75, 3.05) is 32.6 Å². The summed E-state index contributed by atoms with van der Waals surface area (Å²) in [5.41, 5.74) is -1.31. The number of nitrogens with zero attached hydrogens (tertiary/aromatic N) is 2. The van der Waals surface area contributed by atoms with E-state index in [0.717, 1.165) is 16.7 Å². The number of aliphatic carboxylic acids is 1. The van der Waals surface area contributed by atoms with Gasteiger partial charge in [0.05, 0.1) is 22.5 Å². The molecule has 208 valence electrons. The van der Waals surface area contributed by atoms with Gasteiger partial charge in [0, 0.05) is 25.9 Å². The first-order valence-corrected chi connectivity index (χ1v) is 14.3. The zero-order chi connectivity index (χ0) is 28.0. The van der Waals surface area contributed by atoms with Gasteiger partial charge in [0.1, 0.15) is 11.4 Å². The molecule has 2 heterocycles. The van der Waals surface area contributed by atoms with Gasteiger partial charge < -0.3 is 14.9 Å². The molecule has 2 aliphatic heterocycles. The highest BCUT2D eigenvalue weighted by Gasteiger charge is 2.49. The van der Waals surface area contributed by atoms with E-state index in [1.54, 1.807) is 6.26 Å². The maximum Gasteiger partial charge on any atom is 0.322 e. The molecule has 4 amide bonds. The van der Waals surface area contributed by atoms with E-state index in [1.807, 2.05) is 0 Å². The van der Waals surface area contributed by atoms with Gasteiger partial charge in [-0.1, -0.05) is 0 Å². The Morgan fingerprint density at radius 3 is 1.92 bits per heavy atom. The Morgan fingerprint density at radius 1 is 0.946 bits per heavy atom. The number of carboxylic acids is 1. The van der Waals surface area contributed by atoms with Crippen LogP contribution in [0.25, 0.3) is 0 Å². The first-order valence-electron chi connectivity index (χ1n) is 12.2. The van der Waals surface area contributed by atoms with E-state index in [9.17, 15) is 33.9 Å². The van der Waals surface area contributed by atoms with Crippen LogP contribution in [0.15, 0.2) is 0 Å². The van der Waals surface area contributed by atoms with Crippen molar-refractivity contribution in [1.29, 1.82) is 0 Å². The molecule has 0 aliphatic carbocycles. The van der Waals surface area contributed by atoms with Gasteiger partial charge >= 0.3 is 11.9 Å². The van der Waals surface area contributed by atoms with E-state index in [1.165, 1.54) is 37.4 Å². The minimum atomic E-state index is -1.43. The minimum absolute atomic E-state index is 0.118. The molecule has 3 unspecified atom stereocenters. The van der Waals surface area contributed by atoms with E-state index in [4.69, 9.17) is 9.84 Å². The maximum absolute atomic E-state index is 13.0. The van der Waals surface area contributed by atoms with Crippen LogP contribution in [0.5, 0.6) is 0 Å². The Bertz CT molecular complexity index is 926. The summed E-state index contributed by atoms with van der Waals surface area (Å²) in [6, 6.07) is 0. The van der Waals surface area contributed by atoms with Crippen molar-refractivity contribution < 1.29 is 43.7 Å². The molecule has 0 bridgehead atoms. The molecule has 0 radical (unpaired) electrons. The van der Waals surface area contributed by atoms with Crippen molar-refractivity contribution in [3.05, 3.63) is 0 Å². The lowest BCUT2D eigenvalue weighted by Gasteiger charge is -2.34. The van der Waals surface area contributed by atoms with Crippen LogP contribution in [0.3, 0.4) is 0 Å². The van der Waals surface area contributed by atoms with Crippen molar-refractivity contribution in [2.24, 2.45) is 5.41 Å². The van der Waals surface area contributed by atoms with E-state index >= 15 is 0 Å². The molecule has 0 aromatic rings. The first kappa shape index (κ1) is 31.1. The van der Waals surface area contributed by atoms with Crippen LogP contribution >= 0.6 is 23.5 Å². The molecule has 0 aromatic heterocycles. The minimum Gasteiger partial charge on any atom is -0.481 e. The molecule has 2 N–H and O–H groups in total. The number of carbonyl (C=O) groups is 6. The van der Waals surface area contributed by atoms with Gasteiger partial charge in [-0.25, -0.2) is 0 Å². The summed E-state index contributed by atoms with van der Waals surface area (Å²) in [5, 5.41) is 17.4. The number of ether oxygens (including phenoxy) is 1. The summed E-state index contributed by atoms with van der Waals surface area (Å²) in [6.45, 7) is 4.24. The normalized spacial score (nSPS) is 22.1. The second-order valence-electron chi connectivity index (χ2n) is 10.0. The van der Waals surface area contributed by atoms with Gasteiger partial charge in [-0.15, -0.1) is 11.8 Å². The first-order chi connectivity index (χ1) is 17.3. The Morgan fingerprint density at radius 2 is 1.46 bits per heavy atom. The molecule has 2 fully saturated rings. The highest BCUT2D eigenvalue weighted by atomic mass is 32.2. The van der Waals surface area contributed by atoms with Gasteiger partial charge in [0.25, 0.3) is 0 Å². The lowest BCUT2D eigenvalue weighted by molar-refractivity contribution is -0.152. The summed E-state index contributed by atoms with van der Waals surface area (Å²) in [4.78, 5) is 76.8. The van der Waals surface area contributed by atoms with Gasteiger partial charge in [0.2, 0.25) is 23.6 Å². The average molecular weight is 561 g/mol. The van der Waals surface area contributed by atoms with E-state index in [-0.39, 0.29) is 55.4 Å². The van der Waals surface area contributed by atoms with Gasteiger partial charge in [-0.3, -0.25) is 38.6 Å². The quantitative estimate of drug-likeness (QED) is 0.169. The number of thioether (sulfide) groups is 2. The number of imide groups is 2. The topological polar surface area (TPSA) is 159 Å². The van der Waals surface area contributed by atoms with Crippen LogP contribution in [0.4, 0.5) is 0 Å². The van der Waals surface area contributed by atoms with Crippen molar-refractivity contribution >= 4 is 59.1 Å². The second-order valence-corrected chi connectivity index (χ2v) is 12.8. The zero-order valence-electron chi connectivity index (χ0n) is 21.7. The highest BCUT2D eigenvalue weighted by molar-refractivity contribution is 8.02. The van der Waals surface area contributed by atoms with Crippen LogP contribution in [0, 0.1) is 5.41 Å². The second kappa shape index (κ2) is 13.1. The number of hydrogen-bond acceptors (Lipinski definition) is 10. The Kier molecular flexibility index (Phi) is 11.0. The fourth-order valence-corrected chi connectivity index (χ4v) is 6.77. The van der Waals surface area contributed by atoms with Crippen LogP contribution in [-0.4, -0.2) is 103 Å². The van der Waals surface area contributed by atoms with Crippen LogP contribution < -0.4 is 0 Å². The van der Waals surface area contributed by atoms with Gasteiger partial charge in [-0.05, 0) is 52.7 Å². The number of carboxylic acid groups (broad SMARTS) is 1. The lowest BCUT2D eigenvalue weighted by Crippen LogP contribution is -2.43. The third kappa shape index (κ3) is 7.70. The Labute approximate surface area is 225 Å². The summed E-state index contributed by atoms with van der Waals surface area (Å²) >= 11 is 2.28. The van der Waals surface area contributed by atoms with Crippen LogP contribution in [0.2, 0.25) is 0 Å².